The molecule has 1 aliphatic heterocycles. The Morgan fingerprint density at radius 1 is 1.09 bits per heavy atom. The Morgan fingerprint density at radius 3 is 2.58 bits per heavy atom. The zero-order chi connectivity index (χ0) is 23.4. The van der Waals surface area contributed by atoms with Crippen molar-refractivity contribution < 1.29 is 19.1 Å². The number of hydrogen-bond donors (Lipinski definition) is 0. The number of aromatic nitrogens is 4. The molecule has 0 unspecified atom stereocenters. The predicted octanol–water partition coefficient (Wildman–Crippen LogP) is 3.24. The van der Waals surface area contributed by atoms with Gasteiger partial charge in [-0.1, -0.05) is 12.1 Å². The Hall–Kier alpha value is -3.40. The quantitative estimate of drug-likeness (QED) is 0.402. The molecular weight excluding hydrogens is 442 g/mol. The third-order valence-corrected chi connectivity index (χ3v) is 6.41. The molecule has 172 valence electrons. The van der Waals surface area contributed by atoms with E-state index in [1.165, 1.54) is 23.7 Å². The molecule has 0 N–H and O–H groups in total. The summed E-state index contributed by atoms with van der Waals surface area (Å²) < 4.78 is 11.1. The first kappa shape index (κ1) is 22.8. The van der Waals surface area contributed by atoms with E-state index >= 15 is 0 Å². The molecule has 0 saturated carbocycles. The summed E-state index contributed by atoms with van der Waals surface area (Å²) in [6.07, 6.45) is 7.81. The molecule has 10 heteroatoms. The highest BCUT2D eigenvalue weighted by Gasteiger charge is 2.33. The van der Waals surface area contributed by atoms with Crippen LogP contribution in [0.4, 0.5) is 0 Å². The lowest BCUT2D eigenvalue weighted by Gasteiger charge is -2.38. The molecule has 1 aromatic carbocycles. The third-order valence-electron chi connectivity index (χ3n) is 5.63. The first-order valence-corrected chi connectivity index (χ1v) is 11.8. The molecule has 0 spiro atoms. The molecule has 1 fully saturated rings. The normalized spacial score (nSPS) is 18.1. The SMILES string of the molecule is COC(=O)c1c(SC)ccnc1O[C@@H]1CC[C@@H](C)N(C(=O)c2ccccc2-n2nccn2)C1. The molecule has 1 saturated heterocycles. The summed E-state index contributed by atoms with van der Waals surface area (Å²) in [7, 11) is 1.33. The molecule has 9 nitrogen and oxygen atoms in total. The number of nitrogens with zero attached hydrogens (tertiary/aromatic N) is 5. The van der Waals surface area contributed by atoms with Gasteiger partial charge in [-0.05, 0) is 44.2 Å². The van der Waals surface area contributed by atoms with Crippen LogP contribution in [-0.2, 0) is 4.74 Å². The van der Waals surface area contributed by atoms with Crippen LogP contribution >= 0.6 is 11.8 Å². The number of hydrogen-bond acceptors (Lipinski definition) is 8. The topological polar surface area (TPSA) is 99.4 Å². The van der Waals surface area contributed by atoms with Crippen molar-refractivity contribution in [1.82, 2.24) is 24.9 Å². The van der Waals surface area contributed by atoms with E-state index in [1.807, 2.05) is 31.4 Å². The number of ether oxygens (including phenoxy) is 2. The third kappa shape index (κ3) is 4.70. The zero-order valence-electron chi connectivity index (χ0n) is 18.7. The van der Waals surface area contributed by atoms with Gasteiger partial charge < -0.3 is 14.4 Å². The molecule has 4 rings (SSSR count). The molecule has 33 heavy (non-hydrogen) atoms. The van der Waals surface area contributed by atoms with Crippen molar-refractivity contribution in [1.29, 1.82) is 0 Å². The van der Waals surface area contributed by atoms with E-state index in [0.29, 0.717) is 23.4 Å². The molecule has 2 atom stereocenters. The van der Waals surface area contributed by atoms with E-state index < -0.39 is 5.97 Å². The van der Waals surface area contributed by atoms with Crippen LogP contribution < -0.4 is 4.74 Å². The Balaban J connectivity index is 1.58. The molecule has 0 radical (unpaired) electrons. The number of pyridine rings is 1. The maximum atomic E-state index is 13.6. The fourth-order valence-electron chi connectivity index (χ4n) is 3.91. The van der Waals surface area contributed by atoms with Gasteiger partial charge in [-0.2, -0.15) is 15.0 Å². The van der Waals surface area contributed by atoms with Gasteiger partial charge in [0.25, 0.3) is 5.91 Å². The number of para-hydroxylation sites is 1. The van der Waals surface area contributed by atoms with Gasteiger partial charge in [0.2, 0.25) is 5.88 Å². The molecule has 0 bridgehead atoms. The van der Waals surface area contributed by atoms with E-state index in [1.54, 1.807) is 35.6 Å². The molecule has 3 heterocycles. The van der Waals surface area contributed by atoms with Crippen LogP contribution in [0.2, 0.25) is 0 Å². The van der Waals surface area contributed by atoms with E-state index in [2.05, 4.69) is 15.2 Å². The Kier molecular flexibility index (Phi) is 6.93. The smallest absolute Gasteiger partial charge is 0.344 e. The molecule has 0 aliphatic carbocycles. The van der Waals surface area contributed by atoms with Gasteiger partial charge in [-0.25, -0.2) is 9.78 Å². The molecule has 1 amide bonds. The second kappa shape index (κ2) is 10.0. The van der Waals surface area contributed by atoms with Gasteiger partial charge in [0.1, 0.15) is 11.7 Å². The number of methoxy groups -OCH3 is 1. The summed E-state index contributed by atoms with van der Waals surface area (Å²) in [4.78, 5) is 34.2. The van der Waals surface area contributed by atoms with Crippen molar-refractivity contribution in [2.75, 3.05) is 19.9 Å². The van der Waals surface area contributed by atoms with Crippen LogP contribution in [0.15, 0.2) is 53.8 Å². The predicted molar refractivity (Wildman–Crippen MR) is 123 cm³/mol. The van der Waals surface area contributed by atoms with Crippen LogP contribution in [-0.4, -0.2) is 68.8 Å². The summed E-state index contributed by atoms with van der Waals surface area (Å²) in [5.41, 5.74) is 1.43. The van der Waals surface area contributed by atoms with Gasteiger partial charge in [0, 0.05) is 17.1 Å². The van der Waals surface area contributed by atoms with Crippen LogP contribution in [0.1, 0.15) is 40.5 Å². The number of likely N-dealkylation sites (tertiary alicyclic amines) is 1. The standard InChI is InChI=1S/C23H25N5O4S/c1-15-8-9-16(32-21-20(23(30)31-2)19(33-3)10-11-24-21)14-27(15)22(29)17-6-4-5-7-18(17)28-25-12-13-26-28/h4-7,10-13,15-16H,8-9,14H2,1-3H3/t15-,16-/m1/s1. The summed E-state index contributed by atoms with van der Waals surface area (Å²) >= 11 is 1.42. The second-order valence-electron chi connectivity index (χ2n) is 7.64. The van der Waals surface area contributed by atoms with Gasteiger partial charge in [0.05, 0.1) is 37.3 Å². The number of rotatable bonds is 6. The lowest BCUT2D eigenvalue weighted by Crippen LogP contribution is -2.49. The van der Waals surface area contributed by atoms with Gasteiger partial charge in [0.15, 0.2) is 0 Å². The van der Waals surface area contributed by atoms with E-state index in [9.17, 15) is 9.59 Å². The first-order valence-electron chi connectivity index (χ1n) is 10.6. The largest absolute Gasteiger partial charge is 0.472 e. The summed E-state index contributed by atoms with van der Waals surface area (Å²) in [6, 6.07) is 9.04. The lowest BCUT2D eigenvalue weighted by atomic mass is 9.99. The number of piperidine rings is 1. The first-order chi connectivity index (χ1) is 16.0. The van der Waals surface area contributed by atoms with Crippen LogP contribution in [0.5, 0.6) is 5.88 Å². The van der Waals surface area contributed by atoms with Crippen LogP contribution in [0, 0.1) is 0 Å². The number of thioether (sulfide) groups is 1. The number of benzene rings is 1. The minimum Gasteiger partial charge on any atom is -0.472 e. The minimum absolute atomic E-state index is 0.0292. The number of carbonyl (C=O) groups excluding carboxylic acids is 2. The summed E-state index contributed by atoms with van der Waals surface area (Å²) in [6.45, 7) is 2.39. The average molecular weight is 468 g/mol. The fraction of sp³-hybridized carbons (Fsp3) is 0.348. The summed E-state index contributed by atoms with van der Waals surface area (Å²) in [5.74, 6) is -0.398. The second-order valence-corrected chi connectivity index (χ2v) is 8.49. The van der Waals surface area contributed by atoms with Crippen molar-refractivity contribution in [3.05, 3.63) is 60.0 Å². The van der Waals surface area contributed by atoms with Crippen molar-refractivity contribution >= 4 is 23.6 Å². The number of amides is 1. The molecule has 2 aromatic heterocycles. The van der Waals surface area contributed by atoms with E-state index in [-0.39, 0.29) is 23.9 Å². The highest BCUT2D eigenvalue weighted by atomic mass is 32.2. The summed E-state index contributed by atoms with van der Waals surface area (Å²) in [5, 5.41) is 8.34. The van der Waals surface area contributed by atoms with Gasteiger partial charge in [-0.3, -0.25) is 4.79 Å². The fourth-order valence-corrected chi connectivity index (χ4v) is 4.48. The van der Waals surface area contributed by atoms with Gasteiger partial charge in [-0.15, -0.1) is 11.8 Å². The van der Waals surface area contributed by atoms with Crippen LogP contribution in [0.3, 0.4) is 0 Å². The Labute approximate surface area is 196 Å². The Morgan fingerprint density at radius 2 is 1.85 bits per heavy atom. The zero-order valence-corrected chi connectivity index (χ0v) is 19.5. The monoisotopic (exact) mass is 467 g/mol. The highest BCUT2D eigenvalue weighted by molar-refractivity contribution is 7.98. The van der Waals surface area contributed by atoms with E-state index in [4.69, 9.17) is 9.47 Å². The number of esters is 1. The van der Waals surface area contributed by atoms with Crippen molar-refractivity contribution in [3.8, 4) is 11.6 Å². The molecular formula is C23H25N5O4S. The average Bonchev–Trinajstić information content (AvgIpc) is 3.39. The molecule has 1 aliphatic rings. The maximum absolute atomic E-state index is 13.6. The van der Waals surface area contributed by atoms with Crippen molar-refractivity contribution in [3.63, 3.8) is 0 Å². The van der Waals surface area contributed by atoms with Crippen molar-refractivity contribution in [2.45, 2.75) is 36.8 Å². The van der Waals surface area contributed by atoms with Gasteiger partial charge >= 0.3 is 5.97 Å². The number of carbonyl (C=O) groups is 2. The molecule has 3 aromatic rings. The Bertz CT molecular complexity index is 1140. The van der Waals surface area contributed by atoms with Crippen molar-refractivity contribution in [2.24, 2.45) is 0 Å². The minimum atomic E-state index is -0.500. The van der Waals surface area contributed by atoms with E-state index in [0.717, 1.165) is 17.7 Å². The maximum Gasteiger partial charge on any atom is 0.344 e. The lowest BCUT2D eigenvalue weighted by molar-refractivity contribution is 0.0357. The highest BCUT2D eigenvalue weighted by Crippen LogP contribution is 2.30. The van der Waals surface area contributed by atoms with Crippen LogP contribution in [0.25, 0.3) is 5.69 Å².